The Balaban J connectivity index is 1.78. The number of nitrogens with zero attached hydrogens (tertiary/aromatic N) is 3. The number of para-hydroxylation sites is 2. The highest BCUT2D eigenvalue weighted by molar-refractivity contribution is 7.92. The average Bonchev–Trinajstić information content (AvgIpc) is 2.77. The minimum absolute atomic E-state index is 0.253. The lowest BCUT2D eigenvalue weighted by Gasteiger charge is -2.39. The lowest BCUT2D eigenvalue weighted by molar-refractivity contribution is -0.132. The summed E-state index contributed by atoms with van der Waals surface area (Å²) in [6.07, 6.45) is 1.36. The van der Waals surface area contributed by atoms with Gasteiger partial charge in [-0.3, -0.25) is 9.10 Å². The van der Waals surface area contributed by atoms with Crippen LogP contribution in [-0.2, 0) is 14.8 Å². The number of carbonyl (C=O) groups excluding carboxylic acids is 1. The minimum atomic E-state index is -3.75. The van der Waals surface area contributed by atoms with E-state index in [9.17, 15) is 17.6 Å². The van der Waals surface area contributed by atoms with E-state index in [1.807, 2.05) is 24.3 Å². The average molecular weight is 450 g/mol. The van der Waals surface area contributed by atoms with E-state index in [1.54, 1.807) is 18.9 Å². The van der Waals surface area contributed by atoms with Crippen LogP contribution in [0.5, 0.6) is 5.75 Å². The highest BCUT2D eigenvalue weighted by atomic mass is 32.2. The van der Waals surface area contributed by atoms with Crippen molar-refractivity contribution in [3.05, 3.63) is 54.3 Å². The first kappa shape index (κ1) is 22.9. The van der Waals surface area contributed by atoms with Crippen LogP contribution in [0.25, 0.3) is 0 Å². The third-order valence-corrected chi connectivity index (χ3v) is 6.59. The second-order valence-electron chi connectivity index (χ2n) is 7.44. The maximum absolute atomic E-state index is 13.4. The van der Waals surface area contributed by atoms with Gasteiger partial charge in [0.05, 0.1) is 24.7 Å². The summed E-state index contributed by atoms with van der Waals surface area (Å²) in [5.41, 5.74) is 1.24. The van der Waals surface area contributed by atoms with Gasteiger partial charge in [-0.1, -0.05) is 19.1 Å². The molecule has 1 saturated heterocycles. The monoisotopic (exact) mass is 449 g/mol. The largest absolute Gasteiger partial charge is 0.495 e. The smallest absolute Gasteiger partial charge is 0.246 e. The lowest BCUT2D eigenvalue weighted by atomic mass is 10.1. The van der Waals surface area contributed by atoms with Gasteiger partial charge in [-0.15, -0.1) is 0 Å². The molecule has 0 aliphatic carbocycles. The molecule has 0 spiro atoms. The van der Waals surface area contributed by atoms with Crippen molar-refractivity contribution in [3.63, 3.8) is 0 Å². The fraction of sp³-hybridized carbons (Fsp3) is 0.409. The van der Waals surface area contributed by atoms with Crippen molar-refractivity contribution in [3.8, 4) is 5.75 Å². The number of hydrogen-bond acceptors (Lipinski definition) is 5. The third kappa shape index (κ3) is 5.10. The van der Waals surface area contributed by atoms with Crippen molar-refractivity contribution in [1.82, 2.24) is 4.90 Å². The maximum Gasteiger partial charge on any atom is 0.246 e. The first-order valence-corrected chi connectivity index (χ1v) is 12.0. The zero-order valence-corrected chi connectivity index (χ0v) is 18.8. The third-order valence-electron chi connectivity index (χ3n) is 5.41. The minimum Gasteiger partial charge on any atom is -0.495 e. The van der Waals surface area contributed by atoms with Gasteiger partial charge in [-0.2, -0.15) is 0 Å². The zero-order chi connectivity index (χ0) is 22.6. The van der Waals surface area contributed by atoms with Crippen molar-refractivity contribution in [1.29, 1.82) is 0 Å². The number of amides is 1. The van der Waals surface area contributed by atoms with Gasteiger partial charge in [-0.05, 0) is 42.8 Å². The molecule has 0 radical (unpaired) electrons. The molecule has 1 unspecified atom stereocenters. The molecule has 0 saturated carbocycles. The van der Waals surface area contributed by atoms with Crippen molar-refractivity contribution in [2.75, 3.05) is 48.7 Å². The summed E-state index contributed by atoms with van der Waals surface area (Å²) in [5, 5.41) is 0. The number of ether oxygens (including phenoxy) is 1. The van der Waals surface area contributed by atoms with Crippen molar-refractivity contribution < 1.29 is 22.3 Å². The van der Waals surface area contributed by atoms with Crippen LogP contribution in [-0.4, -0.2) is 64.8 Å². The molecule has 2 aromatic carbocycles. The van der Waals surface area contributed by atoms with Gasteiger partial charge < -0.3 is 14.5 Å². The molecule has 0 N–H and O–H groups in total. The summed E-state index contributed by atoms with van der Waals surface area (Å²) in [6, 6.07) is 12.0. The summed E-state index contributed by atoms with van der Waals surface area (Å²) in [7, 11) is -2.13. The van der Waals surface area contributed by atoms with Crippen LogP contribution < -0.4 is 13.9 Å². The van der Waals surface area contributed by atoms with Gasteiger partial charge in [-0.25, -0.2) is 12.8 Å². The number of sulfonamides is 1. The molecule has 1 atom stereocenters. The Bertz CT molecular complexity index is 1010. The van der Waals surface area contributed by atoms with E-state index in [0.717, 1.165) is 22.0 Å². The Hall–Kier alpha value is -2.81. The standard InChI is InChI=1S/C22H28FN3O4S/c1-4-19(26(31(3,28)29)18-11-9-17(23)10-12-18)22(27)25-15-13-24(14-16-25)20-7-5-6-8-21(20)30-2/h5-12,19H,4,13-16H2,1-3H3. The molecule has 31 heavy (non-hydrogen) atoms. The van der Waals surface area contributed by atoms with Crippen LogP contribution in [0, 0.1) is 5.82 Å². The van der Waals surface area contributed by atoms with Crippen molar-refractivity contribution in [2.24, 2.45) is 0 Å². The quantitative estimate of drug-likeness (QED) is 0.650. The first-order chi connectivity index (χ1) is 14.8. The van der Waals surface area contributed by atoms with Crippen molar-refractivity contribution in [2.45, 2.75) is 19.4 Å². The number of benzene rings is 2. The summed E-state index contributed by atoms with van der Waals surface area (Å²) < 4.78 is 45.0. The molecule has 1 aliphatic rings. The van der Waals surface area contributed by atoms with Gasteiger partial charge in [0.15, 0.2) is 0 Å². The first-order valence-electron chi connectivity index (χ1n) is 10.2. The Morgan fingerprint density at radius 2 is 1.71 bits per heavy atom. The normalized spacial score (nSPS) is 15.5. The van der Waals surface area contributed by atoms with Crippen LogP contribution in [0.15, 0.2) is 48.5 Å². The van der Waals surface area contributed by atoms with E-state index in [0.29, 0.717) is 32.6 Å². The molecule has 1 heterocycles. The summed E-state index contributed by atoms with van der Waals surface area (Å²) in [4.78, 5) is 17.2. The Morgan fingerprint density at radius 3 is 2.26 bits per heavy atom. The van der Waals surface area contributed by atoms with Gasteiger partial charge in [0, 0.05) is 26.2 Å². The molecule has 7 nitrogen and oxygen atoms in total. The number of carbonyl (C=O) groups is 1. The maximum atomic E-state index is 13.4. The number of halogens is 1. The van der Waals surface area contributed by atoms with E-state index in [1.165, 1.54) is 24.3 Å². The topological polar surface area (TPSA) is 70.2 Å². The predicted molar refractivity (Wildman–Crippen MR) is 120 cm³/mol. The molecule has 0 aromatic heterocycles. The zero-order valence-electron chi connectivity index (χ0n) is 18.0. The molecule has 1 aliphatic heterocycles. The highest BCUT2D eigenvalue weighted by Crippen LogP contribution is 2.29. The van der Waals surface area contributed by atoms with Crippen LogP contribution in [0.1, 0.15) is 13.3 Å². The fourth-order valence-corrected chi connectivity index (χ4v) is 5.11. The molecule has 2 aromatic rings. The number of rotatable bonds is 7. The number of piperazine rings is 1. The van der Waals surface area contributed by atoms with Crippen LogP contribution >= 0.6 is 0 Å². The van der Waals surface area contributed by atoms with Gasteiger partial charge >= 0.3 is 0 Å². The Labute approximate surface area is 183 Å². The molecule has 1 amide bonds. The molecular weight excluding hydrogens is 421 g/mol. The van der Waals surface area contributed by atoms with Crippen molar-refractivity contribution >= 4 is 27.3 Å². The van der Waals surface area contributed by atoms with Crippen LogP contribution in [0.4, 0.5) is 15.8 Å². The molecule has 3 rings (SSSR count). The SMILES string of the molecule is CCC(C(=O)N1CCN(c2ccccc2OC)CC1)N(c1ccc(F)cc1)S(C)(=O)=O. The van der Waals surface area contributed by atoms with E-state index in [2.05, 4.69) is 4.90 Å². The van der Waals surface area contributed by atoms with E-state index in [-0.39, 0.29) is 11.6 Å². The molecule has 0 bridgehead atoms. The summed E-state index contributed by atoms with van der Waals surface area (Å²) >= 11 is 0. The van der Waals surface area contributed by atoms with E-state index in [4.69, 9.17) is 4.74 Å². The van der Waals surface area contributed by atoms with E-state index >= 15 is 0 Å². The Kier molecular flexibility index (Phi) is 7.04. The van der Waals surface area contributed by atoms with Gasteiger partial charge in [0.2, 0.25) is 15.9 Å². The number of anilines is 2. The Morgan fingerprint density at radius 1 is 1.10 bits per heavy atom. The molecule has 1 fully saturated rings. The second-order valence-corrected chi connectivity index (χ2v) is 9.30. The number of methoxy groups -OCH3 is 1. The molecule has 9 heteroatoms. The van der Waals surface area contributed by atoms with Crippen LogP contribution in [0.3, 0.4) is 0 Å². The second kappa shape index (κ2) is 9.55. The summed E-state index contributed by atoms with van der Waals surface area (Å²) in [6.45, 7) is 3.92. The highest BCUT2D eigenvalue weighted by Gasteiger charge is 2.35. The molecular formula is C22H28FN3O4S. The number of hydrogen-bond donors (Lipinski definition) is 0. The van der Waals surface area contributed by atoms with E-state index < -0.39 is 21.9 Å². The molecule has 168 valence electrons. The van der Waals surface area contributed by atoms with Gasteiger partial charge in [0.25, 0.3) is 0 Å². The van der Waals surface area contributed by atoms with Crippen LogP contribution in [0.2, 0.25) is 0 Å². The predicted octanol–water partition coefficient (Wildman–Crippen LogP) is 2.73. The summed E-state index contributed by atoms with van der Waals surface area (Å²) in [5.74, 6) is 0.0502. The fourth-order valence-electron chi connectivity index (χ4n) is 3.90. The lowest BCUT2D eigenvalue weighted by Crippen LogP contribution is -2.56. The van der Waals surface area contributed by atoms with Gasteiger partial charge in [0.1, 0.15) is 17.6 Å².